The van der Waals surface area contributed by atoms with Crippen molar-refractivity contribution < 1.29 is 23.1 Å². The normalized spacial score (nSPS) is 14.0. The predicted molar refractivity (Wildman–Crippen MR) is 97.2 cm³/mol. The van der Waals surface area contributed by atoms with Gasteiger partial charge in [0, 0.05) is 32.2 Å². The van der Waals surface area contributed by atoms with Gasteiger partial charge in [-0.3, -0.25) is 4.79 Å². The van der Waals surface area contributed by atoms with Gasteiger partial charge in [0.2, 0.25) is 0 Å². The fourth-order valence-corrected chi connectivity index (χ4v) is 2.77. The minimum absolute atomic E-state index is 0.0273. The number of ether oxygens (including phenoxy) is 1. The smallest absolute Gasteiger partial charge is 0.409 e. The van der Waals surface area contributed by atoms with Crippen molar-refractivity contribution in [2.45, 2.75) is 6.92 Å². The Labute approximate surface area is 160 Å². The Bertz CT molecular complexity index is 852. The minimum Gasteiger partial charge on any atom is -0.450 e. The maximum atomic E-state index is 13.7. The topological polar surface area (TPSA) is 87.7 Å². The van der Waals surface area contributed by atoms with Gasteiger partial charge in [-0.2, -0.15) is 0 Å². The van der Waals surface area contributed by atoms with Crippen molar-refractivity contribution in [3.05, 3.63) is 47.9 Å². The van der Waals surface area contributed by atoms with Crippen molar-refractivity contribution in [1.82, 2.24) is 14.9 Å². The van der Waals surface area contributed by atoms with Gasteiger partial charge in [-0.1, -0.05) is 6.07 Å². The third kappa shape index (κ3) is 4.33. The molecule has 0 radical (unpaired) electrons. The van der Waals surface area contributed by atoms with Crippen molar-refractivity contribution >= 4 is 23.5 Å². The molecule has 0 atom stereocenters. The number of hydrogen-bond acceptors (Lipinski definition) is 6. The average Bonchev–Trinajstić information content (AvgIpc) is 2.71. The van der Waals surface area contributed by atoms with Crippen molar-refractivity contribution in [1.29, 1.82) is 0 Å². The summed E-state index contributed by atoms with van der Waals surface area (Å²) in [4.78, 5) is 35.6. The molecule has 2 amide bonds. The SMILES string of the molecule is CCOC(=O)N1CCN(c2cc(C(=O)Nc3c(F)cccc3F)ncn2)CC1. The van der Waals surface area contributed by atoms with Gasteiger partial charge < -0.3 is 19.9 Å². The maximum absolute atomic E-state index is 13.7. The molecule has 3 rings (SSSR count). The number of hydrogen-bond donors (Lipinski definition) is 1. The maximum Gasteiger partial charge on any atom is 0.409 e. The Kier molecular flexibility index (Phi) is 5.97. The number of halogens is 2. The van der Waals surface area contributed by atoms with Crippen LogP contribution in [0.5, 0.6) is 0 Å². The van der Waals surface area contributed by atoms with E-state index in [-0.39, 0.29) is 11.8 Å². The molecule has 2 heterocycles. The molecule has 28 heavy (non-hydrogen) atoms. The van der Waals surface area contributed by atoms with E-state index >= 15 is 0 Å². The van der Waals surface area contributed by atoms with E-state index in [4.69, 9.17) is 4.74 Å². The van der Waals surface area contributed by atoms with Crippen LogP contribution in [0.15, 0.2) is 30.6 Å². The lowest BCUT2D eigenvalue weighted by Gasteiger charge is -2.34. The molecule has 10 heteroatoms. The number of amides is 2. The van der Waals surface area contributed by atoms with E-state index in [0.717, 1.165) is 12.1 Å². The summed E-state index contributed by atoms with van der Waals surface area (Å²) >= 11 is 0. The summed E-state index contributed by atoms with van der Waals surface area (Å²) in [6.45, 7) is 3.95. The molecule has 0 bridgehead atoms. The highest BCUT2D eigenvalue weighted by molar-refractivity contribution is 6.03. The van der Waals surface area contributed by atoms with Gasteiger partial charge >= 0.3 is 6.09 Å². The van der Waals surface area contributed by atoms with Crippen LogP contribution in [0.1, 0.15) is 17.4 Å². The van der Waals surface area contributed by atoms with Crippen LogP contribution in [-0.4, -0.2) is 59.7 Å². The van der Waals surface area contributed by atoms with Crippen molar-refractivity contribution in [2.24, 2.45) is 0 Å². The first kappa shape index (κ1) is 19.5. The lowest BCUT2D eigenvalue weighted by molar-refractivity contribution is 0.102. The molecule has 148 valence electrons. The van der Waals surface area contributed by atoms with Gasteiger partial charge in [0.05, 0.1) is 6.61 Å². The standard InChI is InChI=1S/C18H19F2N5O3/c1-2-28-18(27)25-8-6-24(7-9-25)15-10-14(21-11-22-15)17(26)23-16-12(19)4-3-5-13(16)20/h3-5,10-11H,2,6-9H2,1H3,(H,23,26). The van der Waals surface area contributed by atoms with Crippen LogP contribution in [0.25, 0.3) is 0 Å². The number of anilines is 2. The van der Waals surface area contributed by atoms with Crippen LogP contribution >= 0.6 is 0 Å². The number of rotatable bonds is 4. The number of nitrogens with zero attached hydrogens (tertiary/aromatic N) is 4. The number of para-hydroxylation sites is 1. The molecule has 1 N–H and O–H groups in total. The molecule has 1 aromatic heterocycles. The molecular formula is C18H19F2N5O3. The Morgan fingerprint density at radius 2 is 1.82 bits per heavy atom. The van der Waals surface area contributed by atoms with Crippen LogP contribution < -0.4 is 10.2 Å². The quantitative estimate of drug-likeness (QED) is 0.861. The van der Waals surface area contributed by atoms with Crippen molar-refractivity contribution in [3.8, 4) is 0 Å². The molecule has 0 unspecified atom stereocenters. The summed E-state index contributed by atoms with van der Waals surface area (Å²) in [6, 6.07) is 4.74. The van der Waals surface area contributed by atoms with Gasteiger partial charge in [0.15, 0.2) is 0 Å². The third-order valence-electron chi connectivity index (χ3n) is 4.22. The molecule has 1 fully saturated rings. The zero-order valence-corrected chi connectivity index (χ0v) is 15.2. The zero-order chi connectivity index (χ0) is 20.1. The monoisotopic (exact) mass is 391 g/mol. The van der Waals surface area contributed by atoms with E-state index in [1.165, 1.54) is 18.5 Å². The molecule has 1 aliphatic rings. The van der Waals surface area contributed by atoms with E-state index in [1.807, 2.05) is 4.90 Å². The zero-order valence-electron chi connectivity index (χ0n) is 15.2. The Morgan fingerprint density at radius 3 is 2.46 bits per heavy atom. The van der Waals surface area contributed by atoms with E-state index in [9.17, 15) is 18.4 Å². The number of benzene rings is 1. The lowest BCUT2D eigenvalue weighted by atomic mass is 10.2. The highest BCUT2D eigenvalue weighted by atomic mass is 19.1. The number of piperazine rings is 1. The number of nitrogens with one attached hydrogen (secondary N) is 1. The second-order valence-electron chi connectivity index (χ2n) is 5.99. The molecule has 0 aliphatic carbocycles. The molecule has 1 saturated heterocycles. The van der Waals surface area contributed by atoms with Gasteiger partial charge in [0.25, 0.3) is 5.91 Å². The Balaban J connectivity index is 1.68. The van der Waals surface area contributed by atoms with Crippen LogP contribution in [-0.2, 0) is 4.74 Å². The molecular weight excluding hydrogens is 372 g/mol. The van der Waals surface area contributed by atoms with Crippen LogP contribution in [0.4, 0.5) is 25.1 Å². The van der Waals surface area contributed by atoms with E-state index in [1.54, 1.807) is 11.8 Å². The van der Waals surface area contributed by atoms with Crippen molar-refractivity contribution in [3.63, 3.8) is 0 Å². The predicted octanol–water partition coefficient (Wildman–Crippen LogP) is 2.29. The largest absolute Gasteiger partial charge is 0.450 e. The van der Waals surface area contributed by atoms with E-state index in [0.29, 0.717) is 38.6 Å². The Hall–Kier alpha value is -3.30. The number of aromatic nitrogens is 2. The average molecular weight is 391 g/mol. The first-order valence-corrected chi connectivity index (χ1v) is 8.73. The van der Waals surface area contributed by atoms with Crippen molar-refractivity contribution in [2.75, 3.05) is 43.0 Å². The fourth-order valence-electron chi connectivity index (χ4n) is 2.77. The summed E-state index contributed by atoms with van der Waals surface area (Å²) in [5, 5.41) is 2.19. The summed E-state index contributed by atoms with van der Waals surface area (Å²) in [5.74, 6) is -2.02. The summed E-state index contributed by atoms with van der Waals surface area (Å²) in [5.41, 5.74) is -0.559. The summed E-state index contributed by atoms with van der Waals surface area (Å²) in [6.07, 6.45) is 0.844. The van der Waals surface area contributed by atoms with Gasteiger partial charge in [-0.05, 0) is 19.1 Å². The van der Waals surface area contributed by atoms with E-state index < -0.39 is 23.2 Å². The molecule has 1 aliphatic heterocycles. The number of carbonyl (C=O) groups is 2. The van der Waals surface area contributed by atoms with Gasteiger partial charge in [-0.25, -0.2) is 23.5 Å². The fraction of sp³-hybridized carbons (Fsp3) is 0.333. The molecule has 0 saturated carbocycles. The molecule has 2 aromatic rings. The van der Waals surface area contributed by atoms with Gasteiger partial charge in [-0.15, -0.1) is 0 Å². The first-order valence-electron chi connectivity index (χ1n) is 8.73. The van der Waals surface area contributed by atoms with Crippen LogP contribution in [0, 0.1) is 11.6 Å². The summed E-state index contributed by atoms with van der Waals surface area (Å²) in [7, 11) is 0. The Morgan fingerprint density at radius 1 is 1.14 bits per heavy atom. The first-order chi connectivity index (χ1) is 13.5. The minimum atomic E-state index is -0.877. The molecule has 0 spiro atoms. The van der Waals surface area contributed by atoms with E-state index in [2.05, 4.69) is 15.3 Å². The number of carbonyl (C=O) groups excluding carboxylic acids is 2. The van der Waals surface area contributed by atoms with Gasteiger partial charge in [0.1, 0.15) is 35.2 Å². The second kappa shape index (κ2) is 8.59. The second-order valence-corrected chi connectivity index (χ2v) is 5.99. The molecule has 8 nitrogen and oxygen atoms in total. The lowest BCUT2D eigenvalue weighted by Crippen LogP contribution is -2.49. The highest BCUT2D eigenvalue weighted by Gasteiger charge is 2.23. The molecule has 1 aromatic carbocycles. The van der Waals surface area contributed by atoms with Crippen LogP contribution in [0.3, 0.4) is 0 Å². The third-order valence-corrected chi connectivity index (χ3v) is 4.22. The highest BCUT2D eigenvalue weighted by Crippen LogP contribution is 2.20. The van der Waals surface area contributed by atoms with Crippen LogP contribution in [0.2, 0.25) is 0 Å². The summed E-state index contributed by atoms with van der Waals surface area (Å²) < 4.78 is 32.4.